The number of carbonyl (C=O) groups excluding carboxylic acids is 2. The van der Waals surface area contributed by atoms with Crippen LogP contribution in [0.15, 0.2) is 77.7 Å². The molecule has 1 atom stereocenters. The van der Waals surface area contributed by atoms with Gasteiger partial charge in [-0.3, -0.25) is 10.2 Å². The molecule has 1 amide bonds. The number of amidine groups is 1. The molecule has 11 heteroatoms. The standard InChI is InChI=1S/C26H29N5O5S/c1-3-36-26(33)17(2)31(21-8-6-7-19(15-21)25(27)28)16-24(32)30-20-13-11-18(12-14-20)22-9-4-5-10-23(22)37(29,34)35/h4-15,17H,3,16H2,1-2H3,(H3,27,28)(H,30,32)(H2,29,34,35). The second kappa shape index (κ2) is 11.7. The maximum absolute atomic E-state index is 13.0. The first kappa shape index (κ1) is 27.4. The van der Waals surface area contributed by atoms with E-state index < -0.39 is 27.9 Å². The summed E-state index contributed by atoms with van der Waals surface area (Å²) in [4.78, 5) is 27.0. The SMILES string of the molecule is CCOC(=O)C(C)N(CC(=O)Nc1ccc(-c2ccccc2S(N)(=O)=O)cc1)c1cccc(C(=N)N)c1. The lowest BCUT2D eigenvalue weighted by Crippen LogP contribution is -2.44. The first-order valence-corrected chi connectivity index (χ1v) is 13.0. The summed E-state index contributed by atoms with van der Waals surface area (Å²) in [5.74, 6) is -1.04. The number of hydrogen-bond donors (Lipinski definition) is 4. The van der Waals surface area contributed by atoms with Crippen molar-refractivity contribution in [3.63, 3.8) is 0 Å². The van der Waals surface area contributed by atoms with Crippen LogP contribution < -0.4 is 21.1 Å². The highest BCUT2D eigenvalue weighted by Crippen LogP contribution is 2.27. The van der Waals surface area contributed by atoms with E-state index in [1.165, 1.54) is 6.07 Å². The topological polar surface area (TPSA) is 169 Å². The van der Waals surface area contributed by atoms with E-state index in [1.807, 2.05) is 0 Å². The Labute approximate surface area is 215 Å². The van der Waals surface area contributed by atoms with Crippen LogP contribution in [0.2, 0.25) is 0 Å². The van der Waals surface area contributed by atoms with Gasteiger partial charge in [-0.2, -0.15) is 0 Å². The first-order valence-electron chi connectivity index (χ1n) is 11.4. The van der Waals surface area contributed by atoms with Crippen LogP contribution in [0.4, 0.5) is 11.4 Å². The molecule has 0 aliphatic heterocycles. The molecule has 0 aromatic heterocycles. The Morgan fingerprint density at radius 1 is 1.05 bits per heavy atom. The molecule has 3 aromatic carbocycles. The van der Waals surface area contributed by atoms with E-state index in [4.69, 9.17) is 21.0 Å². The minimum absolute atomic E-state index is 0.00294. The second-order valence-electron chi connectivity index (χ2n) is 8.19. The average molecular weight is 524 g/mol. The minimum atomic E-state index is -3.91. The fourth-order valence-electron chi connectivity index (χ4n) is 3.74. The van der Waals surface area contributed by atoms with Gasteiger partial charge in [0.05, 0.1) is 18.0 Å². The number of anilines is 2. The zero-order chi connectivity index (χ0) is 27.2. The highest BCUT2D eigenvalue weighted by molar-refractivity contribution is 7.89. The number of nitrogens with one attached hydrogen (secondary N) is 2. The summed E-state index contributed by atoms with van der Waals surface area (Å²) in [6, 6.07) is 18.9. The highest BCUT2D eigenvalue weighted by Gasteiger charge is 2.25. The molecule has 1 unspecified atom stereocenters. The number of nitrogens with two attached hydrogens (primary N) is 2. The van der Waals surface area contributed by atoms with E-state index in [9.17, 15) is 18.0 Å². The van der Waals surface area contributed by atoms with E-state index in [1.54, 1.807) is 85.5 Å². The summed E-state index contributed by atoms with van der Waals surface area (Å²) in [5.41, 5.74) is 8.12. The van der Waals surface area contributed by atoms with Crippen LogP contribution in [0.3, 0.4) is 0 Å². The summed E-state index contributed by atoms with van der Waals surface area (Å²) in [7, 11) is -3.91. The molecule has 6 N–H and O–H groups in total. The number of rotatable bonds is 10. The summed E-state index contributed by atoms with van der Waals surface area (Å²) < 4.78 is 29.0. The van der Waals surface area contributed by atoms with Crippen molar-refractivity contribution in [2.45, 2.75) is 24.8 Å². The molecule has 37 heavy (non-hydrogen) atoms. The molecule has 0 fully saturated rings. The predicted octanol–water partition coefficient (Wildman–Crippen LogP) is 2.68. The Hall–Kier alpha value is -4.22. The fourth-order valence-corrected chi connectivity index (χ4v) is 4.50. The van der Waals surface area contributed by atoms with Gasteiger partial charge in [0.15, 0.2) is 0 Å². The van der Waals surface area contributed by atoms with Gasteiger partial charge in [0.2, 0.25) is 15.9 Å². The molecular formula is C26H29N5O5S. The molecule has 0 saturated heterocycles. The molecule has 0 spiro atoms. The van der Waals surface area contributed by atoms with E-state index >= 15 is 0 Å². The number of ether oxygens (including phenoxy) is 1. The lowest BCUT2D eigenvalue weighted by molar-refractivity contribution is -0.144. The van der Waals surface area contributed by atoms with Crippen LogP contribution in [-0.2, 0) is 24.3 Å². The Balaban J connectivity index is 1.82. The molecule has 0 bridgehead atoms. The maximum atomic E-state index is 13.0. The fraction of sp³-hybridized carbons (Fsp3) is 0.192. The molecule has 0 saturated carbocycles. The lowest BCUT2D eigenvalue weighted by Gasteiger charge is -2.29. The van der Waals surface area contributed by atoms with Crippen molar-refractivity contribution in [2.24, 2.45) is 10.9 Å². The van der Waals surface area contributed by atoms with Crippen molar-refractivity contribution < 1.29 is 22.7 Å². The van der Waals surface area contributed by atoms with Gasteiger partial charge in [0.25, 0.3) is 0 Å². The number of sulfonamides is 1. The van der Waals surface area contributed by atoms with E-state index in [0.29, 0.717) is 28.1 Å². The van der Waals surface area contributed by atoms with Crippen molar-refractivity contribution in [3.8, 4) is 11.1 Å². The molecule has 10 nitrogen and oxygen atoms in total. The van der Waals surface area contributed by atoms with Gasteiger partial charge in [-0.05, 0) is 49.7 Å². The van der Waals surface area contributed by atoms with Crippen LogP contribution in [0.25, 0.3) is 11.1 Å². The molecular weight excluding hydrogens is 494 g/mol. The quantitative estimate of drug-likeness (QED) is 0.180. The third-order valence-corrected chi connectivity index (χ3v) is 6.54. The molecule has 0 aliphatic rings. The number of esters is 1. The van der Waals surface area contributed by atoms with Crippen LogP contribution in [0, 0.1) is 5.41 Å². The zero-order valence-corrected chi connectivity index (χ0v) is 21.3. The molecule has 0 aliphatic carbocycles. The molecule has 0 heterocycles. The van der Waals surface area contributed by atoms with Crippen LogP contribution in [0.5, 0.6) is 0 Å². The van der Waals surface area contributed by atoms with Crippen LogP contribution >= 0.6 is 0 Å². The Bertz CT molecular complexity index is 1410. The minimum Gasteiger partial charge on any atom is -0.464 e. The van der Waals surface area contributed by atoms with Gasteiger partial charge in [0.1, 0.15) is 11.9 Å². The van der Waals surface area contributed by atoms with Gasteiger partial charge >= 0.3 is 5.97 Å². The number of nitrogens with zero attached hydrogens (tertiary/aromatic N) is 1. The Morgan fingerprint density at radius 3 is 2.35 bits per heavy atom. The largest absolute Gasteiger partial charge is 0.464 e. The van der Waals surface area contributed by atoms with Gasteiger partial charge in [-0.15, -0.1) is 0 Å². The van der Waals surface area contributed by atoms with Gasteiger partial charge < -0.3 is 20.7 Å². The normalized spacial score (nSPS) is 11.9. The van der Waals surface area contributed by atoms with Crippen molar-refractivity contribution in [1.29, 1.82) is 5.41 Å². The smallest absolute Gasteiger partial charge is 0.328 e. The number of amides is 1. The second-order valence-corrected chi connectivity index (χ2v) is 9.72. The lowest BCUT2D eigenvalue weighted by atomic mass is 10.1. The van der Waals surface area contributed by atoms with Crippen LogP contribution in [0.1, 0.15) is 19.4 Å². The number of benzene rings is 3. The number of primary sulfonamides is 1. The maximum Gasteiger partial charge on any atom is 0.328 e. The van der Waals surface area contributed by atoms with Crippen LogP contribution in [-0.4, -0.2) is 45.3 Å². The van der Waals surface area contributed by atoms with Crippen molar-refractivity contribution in [1.82, 2.24) is 0 Å². The molecule has 194 valence electrons. The van der Waals surface area contributed by atoms with Gasteiger partial charge in [-0.25, -0.2) is 18.4 Å². The van der Waals surface area contributed by atoms with Crippen molar-refractivity contribution >= 4 is 39.1 Å². The van der Waals surface area contributed by atoms with Gasteiger partial charge in [-0.1, -0.05) is 42.5 Å². The third kappa shape index (κ3) is 6.93. The zero-order valence-electron chi connectivity index (χ0n) is 20.5. The average Bonchev–Trinajstić information content (AvgIpc) is 2.87. The Morgan fingerprint density at radius 2 is 1.73 bits per heavy atom. The van der Waals surface area contributed by atoms with Gasteiger partial charge in [0, 0.05) is 22.5 Å². The Kier molecular flexibility index (Phi) is 8.64. The highest BCUT2D eigenvalue weighted by atomic mass is 32.2. The van der Waals surface area contributed by atoms with E-state index in [0.717, 1.165) is 0 Å². The summed E-state index contributed by atoms with van der Waals surface area (Å²) in [6.07, 6.45) is 0. The van der Waals surface area contributed by atoms with Crippen molar-refractivity contribution in [3.05, 3.63) is 78.4 Å². The number of nitrogen functional groups attached to an aromatic ring is 1. The first-order chi connectivity index (χ1) is 17.5. The molecule has 0 radical (unpaired) electrons. The third-order valence-electron chi connectivity index (χ3n) is 5.57. The molecule has 3 aromatic rings. The summed E-state index contributed by atoms with van der Waals surface area (Å²) in [5, 5.41) is 15.8. The molecule has 3 rings (SSSR count). The predicted molar refractivity (Wildman–Crippen MR) is 143 cm³/mol. The summed E-state index contributed by atoms with van der Waals surface area (Å²) in [6.45, 7) is 3.33. The summed E-state index contributed by atoms with van der Waals surface area (Å²) >= 11 is 0. The number of carbonyl (C=O) groups is 2. The van der Waals surface area contributed by atoms with Crippen molar-refractivity contribution in [2.75, 3.05) is 23.4 Å². The van der Waals surface area contributed by atoms with E-state index in [2.05, 4.69) is 5.32 Å². The van der Waals surface area contributed by atoms with E-state index in [-0.39, 0.29) is 23.9 Å². The number of hydrogen-bond acceptors (Lipinski definition) is 7. The monoisotopic (exact) mass is 523 g/mol.